The summed E-state index contributed by atoms with van der Waals surface area (Å²) in [7, 11) is 1.76. The Balaban J connectivity index is 3.71. The fourth-order valence-corrected chi connectivity index (χ4v) is 0.739. The quantitative estimate of drug-likeness (QED) is 0.429. The largest absolute Gasteiger partial charge is 0.340 e. The lowest BCUT2D eigenvalue weighted by Crippen LogP contribution is -2.19. The topological polar surface area (TPSA) is 15.6 Å². The zero-order valence-corrected chi connectivity index (χ0v) is 7.04. The minimum Gasteiger partial charge on any atom is -0.340 e. The van der Waals surface area contributed by atoms with Crippen molar-refractivity contribution in [2.45, 2.75) is 13.8 Å². The van der Waals surface area contributed by atoms with Crippen LogP contribution in [-0.2, 0) is 0 Å². The molecule has 0 rings (SSSR count). The maximum absolute atomic E-state index is 3.89. The van der Waals surface area contributed by atoms with Crippen LogP contribution in [0.1, 0.15) is 13.8 Å². The molecule has 0 saturated carbocycles. The molecule has 0 spiro atoms. The molecule has 0 fully saturated rings. The standard InChI is InChI=1S/C8H16N2/c1-5-10(7-9-4)6-8(2)3/h5,7-8H,1,6H2,2-4H3/b9-7-. The van der Waals surface area contributed by atoms with E-state index in [0.717, 1.165) is 6.54 Å². The molecule has 0 heterocycles. The molecule has 0 saturated heterocycles. The van der Waals surface area contributed by atoms with Crippen molar-refractivity contribution in [3.63, 3.8) is 0 Å². The smallest absolute Gasteiger partial charge is 0.0886 e. The van der Waals surface area contributed by atoms with E-state index in [1.807, 2.05) is 4.90 Å². The van der Waals surface area contributed by atoms with Crippen molar-refractivity contribution < 1.29 is 0 Å². The highest BCUT2D eigenvalue weighted by molar-refractivity contribution is 5.55. The first-order valence-corrected chi connectivity index (χ1v) is 3.51. The molecule has 0 aliphatic carbocycles. The van der Waals surface area contributed by atoms with Crippen molar-refractivity contribution >= 4 is 6.34 Å². The van der Waals surface area contributed by atoms with Crippen LogP contribution in [0.5, 0.6) is 0 Å². The van der Waals surface area contributed by atoms with E-state index in [2.05, 4.69) is 25.4 Å². The number of hydrogen-bond donors (Lipinski definition) is 0. The van der Waals surface area contributed by atoms with Crippen molar-refractivity contribution in [3.05, 3.63) is 12.8 Å². The molecule has 0 aromatic carbocycles. The molecule has 0 aliphatic heterocycles. The third kappa shape index (κ3) is 4.13. The zero-order chi connectivity index (χ0) is 7.98. The highest BCUT2D eigenvalue weighted by Crippen LogP contribution is 1.95. The summed E-state index contributed by atoms with van der Waals surface area (Å²) < 4.78 is 0. The summed E-state index contributed by atoms with van der Waals surface area (Å²) in [6.07, 6.45) is 3.57. The summed E-state index contributed by atoms with van der Waals surface area (Å²) in [6.45, 7) is 8.99. The minimum absolute atomic E-state index is 0.649. The predicted octanol–water partition coefficient (Wildman–Crippen LogP) is 1.75. The van der Waals surface area contributed by atoms with Gasteiger partial charge in [0, 0.05) is 13.6 Å². The fraction of sp³-hybridized carbons (Fsp3) is 0.625. The van der Waals surface area contributed by atoms with Crippen LogP contribution in [0.15, 0.2) is 17.8 Å². The molecule has 0 bridgehead atoms. The van der Waals surface area contributed by atoms with Crippen LogP contribution >= 0.6 is 0 Å². The lowest BCUT2D eigenvalue weighted by atomic mass is 10.2. The van der Waals surface area contributed by atoms with Gasteiger partial charge in [-0.05, 0) is 12.1 Å². The Morgan fingerprint density at radius 2 is 2.20 bits per heavy atom. The normalized spacial score (nSPS) is 10.8. The molecule has 0 aromatic rings. The highest BCUT2D eigenvalue weighted by atomic mass is 15.1. The number of rotatable bonds is 4. The third-order valence-corrected chi connectivity index (χ3v) is 1.07. The Bertz CT molecular complexity index is 116. The van der Waals surface area contributed by atoms with Gasteiger partial charge in [0.2, 0.25) is 0 Å². The van der Waals surface area contributed by atoms with Gasteiger partial charge in [0.15, 0.2) is 0 Å². The van der Waals surface area contributed by atoms with Gasteiger partial charge in [-0.25, -0.2) is 0 Å². The van der Waals surface area contributed by atoms with Crippen LogP contribution < -0.4 is 0 Å². The first kappa shape index (κ1) is 9.21. The summed E-state index contributed by atoms with van der Waals surface area (Å²) in [5.74, 6) is 0.649. The highest BCUT2D eigenvalue weighted by Gasteiger charge is 1.96. The van der Waals surface area contributed by atoms with Crippen molar-refractivity contribution in [1.29, 1.82) is 0 Å². The van der Waals surface area contributed by atoms with E-state index in [1.54, 1.807) is 19.6 Å². The molecular weight excluding hydrogens is 124 g/mol. The van der Waals surface area contributed by atoms with Gasteiger partial charge in [-0.2, -0.15) is 0 Å². The molecule has 0 aliphatic rings. The first-order valence-electron chi connectivity index (χ1n) is 3.51. The maximum atomic E-state index is 3.89. The number of nitrogens with zero attached hydrogens (tertiary/aromatic N) is 2. The number of aliphatic imine (C=N–C) groups is 1. The molecule has 0 amide bonds. The fourth-order valence-electron chi connectivity index (χ4n) is 0.739. The second-order valence-corrected chi connectivity index (χ2v) is 2.65. The number of hydrogen-bond acceptors (Lipinski definition) is 1. The first-order chi connectivity index (χ1) is 4.70. The third-order valence-electron chi connectivity index (χ3n) is 1.07. The van der Waals surface area contributed by atoms with Crippen LogP contribution in [0, 0.1) is 5.92 Å². The predicted molar refractivity (Wildman–Crippen MR) is 46.2 cm³/mol. The molecule has 10 heavy (non-hydrogen) atoms. The van der Waals surface area contributed by atoms with Crippen molar-refractivity contribution in [2.24, 2.45) is 10.9 Å². The van der Waals surface area contributed by atoms with E-state index in [4.69, 9.17) is 0 Å². The van der Waals surface area contributed by atoms with E-state index in [1.165, 1.54) is 0 Å². The van der Waals surface area contributed by atoms with E-state index >= 15 is 0 Å². The van der Waals surface area contributed by atoms with Gasteiger partial charge in [0.05, 0.1) is 6.34 Å². The Morgan fingerprint density at radius 3 is 2.50 bits per heavy atom. The second-order valence-electron chi connectivity index (χ2n) is 2.65. The summed E-state index contributed by atoms with van der Waals surface area (Å²) >= 11 is 0. The summed E-state index contributed by atoms with van der Waals surface area (Å²) in [5.41, 5.74) is 0. The SMILES string of the molecule is C=CN(/C=N\C)CC(C)C. The second kappa shape index (κ2) is 5.03. The lowest BCUT2D eigenvalue weighted by Gasteiger charge is -2.15. The molecule has 2 nitrogen and oxygen atoms in total. The Hall–Kier alpha value is -0.790. The van der Waals surface area contributed by atoms with Gasteiger partial charge < -0.3 is 4.90 Å². The van der Waals surface area contributed by atoms with Crippen molar-refractivity contribution in [1.82, 2.24) is 4.90 Å². The van der Waals surface area contributed by atoms with Crippen LogP contribution in [0.25, 0.3) is 0 Å². The van der Waals surface area contributed by atoms with Gasteiger partial charge in [-0.15, -0.1) is 0 Å². The maximum Gasteiger partial charge on any atom is 0.0886 e. The average molecular weight is 140 g/mol. The summed E-state index contributed by atoms with van der Waals surface area (Å²) in [5, 5.41) is 0. The van der Waals surface area contributed by atoms with Crippen LogP contribution in [0.3, 0.4) is 0 Å². The van der Waals surface area contributed by atoms with Gasteiger partial charge >= 0.3 is 0 Å². The monoisotopic (exact) mass is 140 g/mol. The zero-order valence-electron chi connectivity index (χ0n) is 7.04. The Kier molecular flexibility index (Phi) is 4.63. The van der Waals surface area contributed by atoms with E-state index < -0.39 is 0 Å². The van der Waals surface area contributed by atoms with Crippen LogP contribution in [-0.4, -0.2) is 24.8 Å². The van der Waals surface area contributed by atoms with Gasteiger partial charge in [-0.1, -0.05) is 20.4 Å². The van der Waals surface area contributed by atoms with E-state index in [0.29, 0.717) is 5.92 Å². The Labute approximate surface area is 63.3 Å². The van der Waals surface area contributed by atoms with Crippen molar-refractivity contribution in [3.8, 4) is 0 Å². The Morgan fingerprint density at radius 1 is 1.60 bits per heavy atom. The van der Waals surface area contributed by atoms with Crippen LogP contribution in [0.2, 0.25) is 0 Å². The molecule has 0 unspecified atom stereocenters. The summed E-state index contributed by atoms with van der Waals surface area (Å²) in [4.78, 5) is 5.87. The molecule has 2 heteroatoms. The lowest BCUT2D eigenvalue weighted by molar-refractivity contribution is 0.468. The average Bonchev–Trinajstić information content (AvgIpc) is 1.86. The van der Waals surface area contributed by atoms with E-state index in [9.17, 15) is 0 Å². The summed E-state index contributed by atoms with van der Waals surface area (Å²) in [6, 6.07) is 0. The molecule has 0 atom stereocenters. The van der Waals surface area contributed by atoms with Crippen LogP contribution in [0.4, 0.5) is 0 Å². The molecule has 0 N–H and O–H groups in total. The molecule has 0 radical (unpaired) electrons. The van der Waals surface area contributed by atoms with Gasteiger partial charge in [0.1, 0.15) is 0 Å². The van der Waals surface area contributed by atoms with Gasteiger partial charge in [-0.3, -0.25) is 4.99 Å². The molecular formula is C8H16N2. The van der Waals surface area contributed by atoms with E-state index in [-0.39, 0.29) is 0 Å². The minimum atomic E-state index is 0.649. The molecule has 0 aromatic heterocycles. The van der Waals surface area contributed by atoms with Crippen molar-refractivity contribution in [2.75, 3.05) is 13.6 Å². The van der Waals surface area contributed by atoms with Gasteiger partial charge in [0.25, 0.3) is 0 Å². The molecule has 58 valence electrons.